The van der Waals surface area contributed by atoms with Crippen LogP contribution in [-0.4, -0.2) is 10.7 Å². The normalized spacial score (nSPS) is 25.9. The van der Waals surface area contributed by atoms with E-state index < -0.39 is 0 Å². The van der Waals surface area contributed by atoms with Crippen LogP contribution in [0.5, 0.6) is 0 Å². The molecule has 0 bridgehead atoms. The van der Waals surface area contributed by atoms with Crippen molar-refractivity contribution in [3.05, 3.63) is 0 Å². The Hall–Kier alpha value is -0.0400. The van der Waals surface area contributed by atoms with Gasteiger partial charge in [-0.15, -0.1) is 0 Å². The van der Waals surface area contributed by atoms with E-state index in [4.69, 9.17) is 0 Å². The van der Waals surface area contributed by atoms with E-state index in [1.54, 1.807) is 0 Å². The van der Waals surface area contributed by atoms with Crippen molar-refractivity contribution in [1.29, 1.82) is 0 Å². The maximum absolute atomic E-state index is 10.4. The zero-order chi connectivity index (χ0) is 12.0. The summed E-state index contributed by atoms with van der Waals surface area (Å²) in [6.07, 6.45) is 18.4. The smallest absolute Gasteiger partial charge is 0.0647 e. The molecule has 0 atom stereocenters. The van der Waals surface area contributed by atoms with Gasteiger partial charge in [0.1, 0.15) is 0 Å². The first-order chi connectivity index (χ1) is 8.29. The molecular formula is C16H30O. The maximum atomic E-state index is 10.4. The molecule has 0 amide bonds. The summed E-state index contributed by atoms with van der Waals surface area (Å²) in [4.78, 5) is 0. The molecule has 0 unspecified atom stereocenters. The van der Waals surface area contributed by atoms with Crippen LogP contribution in [0.4, 0.5) is 0 Å². The van der Waals surface area contributed by atoms with Crippen molar-refractivity contribution in [2.45, 2.75) is 95.5 Å². The topological polar surface area (TPSA) is 20.2 Å². The van der Waals surface area contributed by atoms with Crippen LogP contribution in [0.2, 0.25) is 0 Å². The number of aliphatic hydroxyl groups is 1. The highest BCUT2D eigenvalue weighted by atomic mass is 16.3. The van der Waals surface area contributed by atoms with Gasteiger partial charge in [0.2, 0.25) is 0 Å². The first-order valence-corrected chi connectivity index (χ1v) is 8.01. The zero-order valence-corrected chi connectivity index (χ0v) is 11.4. The van der Waals surface area contributed by atoms with Gasteiger partial charge in [-0.1, -0.05) is 70.6 Å². The van der Waals surface area contributed by atoms with Crippen LogP contribution in [0.25, 0.3) is 0 Å². The third-order valence-corrected chi connectivity index (χ3v) is 5.01. The molecule has 1 N–H and O–H groups in total. The molecule has 0 saturated heterocycles. The molecule has 1 heteroatoms. The zero-order valence-electron chi connectivity index (χ0n) is 11.4. The monoisotopic (exact) mass is 238 g/mol. The molecule has 17 heavy (non-hydrogen) atoms. The molecule has 0 aromatic rings. The third-order valence-electron chi connectivity index (χ3n) is 5.01. The van der Waals surface area contributed by atoms with Crippen molar-refractivity contribution in [3.8, 4) is 0 Å². The van der Waals surface area contributed by atoms with E-state index in [1.807, 2.05) is 0 Å². The van der Waals surface area contributed by atoms with Crippen LogP contribution in [0.3, 0.4) is 0 Å². The van der Waals surface area contributed by atoms with E-state index in [-0.39, 0.29) is 5.60 Å². The summed E-state index contributed by atoms with van der Waals surface area (Å²) in [6.45, 7) is 0. The molecule has 2 aliphatic rings. The molecule has 2 fully saturated rings. The van der Waals surface area contributed by atoms with E-state index in [9.17, 15) is 5.11 Å². The highest BCUT2D eigenvalue weighted by Gasteiger charge is 2.28. The second-order valence-electron chi connectivity index (χ2n) is 6.53. The molecule has 0 heterocycles. The van der Waals surface area contributed by atoms with Gasteiger partial charge in [0, 0.05) is 0 Å². The Balaban J connectivity index is 1.55. The largest absolute Gasteiger partial charge is 0.390 e. The Morgan fingerprint density at radius 1 is 0.824 bits per heavy atom. The van der Waals surface area contributed by atoms with E-state index in [0.29, 0.717) is 0 Å². The first kappa shape index (κ1) is 13.4. The van der Waals surface area contributed by atoms with Gasteiger partial charge < -0.3 is 5.11 Å². The second-order valence-corrected chi connectivity index (χ2v) is 6.53. The highest BCUT2D eigenvalue weighted by Crippen LogP contribution is 2.33. The Labute approximate surface area is 107 Å². The Kier molecular flexibility index (Phi) is 5.34. The molecule has 100 valence electrons. The van der Waals surface area contributed by atoms with Crippen LogP contribution >= 0.6 is 0 Å². The lowest BCUT2D eigenvalue weighted by Crippen LogP contribution is -2.31. The summed E-state index contributed by atoms with van der Waals surface area (Å²) in [5, 5.41) is 10.4. The van der Waals surface area contributed by atoms with Crippen LogP contribution < -0.4 is 0 Å². The van der Waals surface area contributed by atoms with Gasteiger partial charge in [0.05, 0.1) is 5.60 Å². The van der Waals surface area contributed by atoms with Gasteiger partial charge in [0.15, 0.2) is 0 Å². The number of hydrogen-bond acceptors (Lipinski definition) is 1. The lowest BCUT2D eigenvalue weighted by atomic mass is 9.80. The molecule has 0 aromatic heterocycles. The fourth-order valence-electron chi connectivity index (χ4n) is 3.82. The van der Waals surface area contributed by atoms with Crippen LogP contribution in [-0.2, 0) is 0 Å². The van der Waals surface area contributed by atoms with Gasteiger partial charge in [0.25, 0.3) is 0 Å². The molecule has 2 aliphatic carbocycles. The fourth-order valence-corrected chi connectivity index (χ4v) is 3.82. The first-order valence-electron chi connectivity index (χ1n) is 8.01. The lowest BCUT2D eigenvalue weighted by Gasteiger charge is -2.32. The predicted molar refractivity (Wildman–Crippen MR) is 73.1 cm³/mol. The fraction of sp³-hybridized carbons (Fsp3) is 1.00. The van der Waals surface area contributed by atoms with E-state index in [0.717, 1.165) is 25.2 Å². The van der Waals surface area contributed by atoms with Crippen molar-refractivity contribution in [3.63, 3.8) is 0 Å². The predicted octanol–water partition coefficient (Wildman–Crippen LogP) is 4.82. The number of hydrogen-bond donors (Lipinski definition) is 1. The molecule has 2 saturated carbocycles. The van der Waals surface area contributed by atoms with Crippen molar-refractivity contribution < 1.29 is 5.11 Å². The maximum Gasteiger partial charge on any atom is 0.0647 e. The minimum absolute atomic E-state index is 0.273. The van der Waals surface area contributed by atoms with Gasteiger partial charge in [-0.25, -0.2) is 0 Å². The summed E-state index contributed by atoms with van der Waals surface area (Å²) in [7, 11) is 0. The standard InChI is InChI=1S/C16H30O/c17-16(12-6-2-7-13-16)14-8-5-11-15-9-3-1-4-10-15/h15,17H,1-14H2. The average Bonchev–Trinajstić information content (AvgIpc) is 2.37. The molecule has 0 spiro atoms. The van der Waals surface area contributed by atoms with Crippen LogP contribution in [0, 0.1) is 5.92 Å². The van der Waals surface area contributed by atoms with Crippen molar-refractivity contribution in [2.75, 3.05) is 0 Å². The van der Waals surface area contributed by atoms with Gasteiger partial charge in [-0.3, -0.25) is 0 Å². The van der Waals surface area contributed by atoms with Gasteiger partial charge in [-0.2, -0.15) is 0 Å². The van der Waals surface area contributed by atoms with Gasteiger partial charge in [-0.05, 0) is 25.2 Å². The molecule has 2 rings (SSSR count). The molecule has 0 radical (unpaired) electrons. The van der Waals surface area contributed by atoms with Crippen molar-refractivity contribution >= 4 is 0 Å². The molecule has 0 aromatic carbocycles. The summed E-state index contributed by atoms with van der Waals surface area (Å²) < 4.78 is 0. The summed E-state index contributed by atoms with van der Waals surface area (Å²) in [5.41, 5.74) is -0.273. The quantitative estimate of drug-likeness (QED) is 0.681. The minimum Gasteiger partial charge on any atom is -0.390 e. The van der Waals surface area contributed by atoms with E-state index >= 15 is 0 Å². The van der Waals surface area contributed by atoms with Crippen LogP contribution in [0.1, 0.15) is 89.9 Å². The van der Waals surface area contributed by atoms with Crippen molar-refractivity contribution in [1.82, 2.24) is 0 Å². The van der Waals surface area contributed by atoms with Crippen LogP contribution in [0.15, 0.2) is 0 Å². The lowest BCUT2D eigenvalue weighted by molar-refractivity contribution is -0.00614. The van der Waals surface area contributed by atoms with Gasteiger partial charge >= 0.3 is 0 Å². The molecule has 0 aliphatic heterocycles. The molecule has 1 nitrogen and oxygen atoms in total. The summed E-state index contributed by atoms with van der Waals surface area (Å²) >= 11 is 0. The summed E-state index contributed by atoms with van der Waals surface area (Å²) in [5.74, 6) is 1.02. The Bertz CT molecular complexity index is 200. The molecular weight excluding hydrogens is 208 g/mol. The second kappa shape index (κ2) is 6.78. The summed E-state index contributed by atoms with van der Waals surface area (Å²) in [6, 6.07) is 0. The highest BCUT2D eigenvalue weighted by molar-refractivity contribution is 4.82. The minimum atomic E-state index is -0.273. The van der Waals surface area contributed by atoms with E-state index in [1.165, 1.54) is 70.6 Å². The van der Waals surface area contributed by atoms with Crippen molar-refractivity contribution in [2.24, 2.45) is 5.92 Å². The average molecular weight is 238 g/mol. The SMILES string of the molecule is OC1(CCCCC2CCCCC2)CCCCC1. The Morgan fingerprint density at radius 2 is 1.47 bits per heavy atom. The van der Waals surface area contributed by atoms with E-state index in [2.05, 4.69) is 0 Å². The Morgan fingerprint density at radius 3 is 2.18 bits per heavy atom. The number of unbranched alkanes of at least 4 members (excludes halogenated alkanes) is 1. The third kappa shape index (κ3) is 4.62. The number of rotatable bonds is 5.